The molecule has 0 fully saturated rings. The smallest absolute Gasteiger partial charge is 0.275 e. The number of halogens is 1. The molecule has 0 saturated heterocycles. The molecule has 2 aromatic carbocycles. The molecule has 0 bridgehead atoms. The van der Waals surface area contributed by atoms with Gasteiger partial charge in [-0.15, -0.1) is 0 Å². The molecule has 32 heavy (non-hydrogen) atoms. The topological polar surface area (TPSA) is 120 Å². The van der Waals surface area contributed by atoms with E-state index in [4.69, 9.17) is 16.7 Å². The minimum Gasteiger partial charge on any atom is -0.305 e. The van der Waals surface area contributed by atoms with Gasteiger partial charge in [0.1, 0.15) is 11.5 Å². The fraction of sp³-hybridized carbons (Fsp3) is 0.0455. The van der Waals surface area contributed by atoms with Gasteiger partial charge >= 0.3 is 0 Å². The number of rotatable bonds is 5. The molecule has 0 radical (unpaired) electrons. The molecule has 4 aromatic rings. The predicted molar refractivity (Wildman–Crippen MR) is 122 cm³/mol. The van der Waals surface area contributed by atoms with Crippen LogP contribution in [0.15, 0.2) is 77.8 Å². The molecular weight excluding hydrogens is 450 g/mol. The Morgan fingerprint density at radius 1 is 1.06 bits per heavy atom. The monoisotopic (exact) mass is 467 g/mol. The molecule has 0 aliphatic rings. The number of benzene rings is 2. The molecule has 2 heterocycles. The Bertz CT molecular complexity index is 1400. The van der Waals surface area contributed by atoms with Gasteiger partial charge in [-0.3, -0.25) is 4.79 Å². The predicted octanol–water partition coefficient (Wildman–Crippen LogP) is 3.80. The van der Waals surface area contributed by atoms with E-state index in [1.54, 1.807) is 67.6 Å². The standard InChI is InChI=1S/C22H18ClN5O3S/c1-14-12-19(22(29)26-21-11-8-16(23)13-25-21)28(27-14)17-9-6-15(7-10-17)18-4-2-3-5-20(18)32(24,30)31/h2-13H,1H3,(H2,24,30,31)(H,25,26,29). The number of hydrogen-bond acceptors (Lipinski definition) is 5. The van der Waals surface area contributed by atoms with Crippen LogP contribution < -0.4 is 10.5 Å². The Morgan fingerprint density at radius 2 is 1.78 bits per heavy atom. The highest BCUT2D eigenvalue weighted by atomic mass is 35.5. The Kier molecular flexibility index (Phi) is 5.79. The van der Waals surface area contributed by atoms with E-state index < -0.39 is 10.0 Å². The lowest BCUT2D eigenvalue weighted by Crippen LogP contribution is -2.17. The van der Waals surface area contributed by atoms with Gasteiger partial charge in [-0.1, -0.05) is 41.9 Å². The van der Waals surface area contributed by atoms with Crippen LogP contribution in [0.2, 0.25) is 5.02 Å². The Morgan fingerprint density at radius 3 is 2.44 bits per heavy atom. The molecule has 1 amide bonds. The molecule has 2 aromatic heterocycles. The van der Waals surface area contributed by atoms with Crippen molar-refractivity contribution in [1.29, 1.82) is 0 Å². The molecule has 3 N–H and O–H groups in total. The molecule has 162 valence electrons. The second-order valence-corrected chi connectivity index (χ2v) is 8.95. The number of nitrogens with two attached hydrogens (primary N) is 1. The lowest BCUT2D eigenvalue weighted by atomic mass is 10.1. The zero-order valence-corrected chi connectivity index (χ0v) is 18.4. The van der Waals surface area contributed by atoms with Crippen molar-refractivity contribution in [3.8, 4) is 16.8 Å². The number of sulfonamides is 1. The van der Waals surface area contributed by atoms with Gasteiger partial charge in [-0.2, -0.15) is 5.10 Å². The van der Waals surface area contributed by atoms with Crippen molar-refractivity contribution in [3.63, 3.8) is 0 Å². The van der Waals surface area contributed by atoms with Crippen molar-refractivity contribution in [2.24, 2.45) is 5.14 Å². The lowest BCUT2D eigenvalue weighted by molar-refractivity contribution is 0.101. The number of hydrogen-bond donors (Lipinski definition) is 2. The summed E-state index contributed by atoms with van der Waals surface area (Å²) in [6, 6.07) is 18.4. The first-order valence-corrected chi connectivity index (χ1v) is 11.4. The zero-order chi connectivity index (χ0) is 22.9. The maximum atomic E-state index is 12.8. The fourth-order valence-electron chi connectivity index (χ4n) is 3.22. The van der Waals surface area contributed by atoms with Crippen LogP contribution in [0.5, 0.6) is 0 Å². The number of carbonyl (C=O) groups is 1. The first-order chi connectivity index (χ1) is 15.2. The molecule has 0 spiro atoms. The highest BCUT2D eigenvalue weighted by molar-refractivity contribution is 7.89. The van der Waals surface area contributed by atoms with Crippen LogP contribution in [-0.4, -0.2) is 29.1 Å². The third-order valence-corrected chi connectivity index (χ3v) is 5.84. The van der Waals surface area contributed by atoms with Crippen molar-refractivity contribution in [3.05, 3.63) is 89.3 Å². The maximum Gasteiger partial charge on any atom is 0.275 e. The average Bonchev–Trinajstić information content (AvgIpc) is 3.17. The summed E-state index contributed by atoms with van der Waals surface area (Å²) in [7, 11) is -3.88. The number of amides is 1. The van der Waals surface area contributed by atoms with Crippen LogP contribution in [0.4, 0.5) is 5.82 Å². The molecule has 0 unspecified atom stereocenters. The number of carbonyl (C=O) groups excluding carboxylic acids is 1. The minimum atomic E-state index is -3.88. The number of anilines is 1. The summed E-state index contributed by atoms with van der Waals surface area (Å²) in [6.07, 6.45) is 1.44. The van der Waals surface area contributed by atoms with E-state index in [9.17, 15) is 13.2 Å². The van der Waals surface area contributed by atoms with E-state index >= 15 is 0 Å². The van der Waals surface area contributed by atoms with Gasteiger partial charge in [-0.25, -0.2) is 23.2 Å². The molecule has 10 heteroatoms. The zero-order valence-electron chi connectivity index (χ0n) is 16.9. The molecule has 4 rings (SSSR count). The molecule has 0 saturated carbocycles. The van der Waals surface area contributed by atoms with E-state index in [0.717, 1.165) is 0 Å². The number of aryl methyl sites for hydroxylation is 1. The third-order valence-electron chi connectivity index (χ3n) is 4.65. The molecule has 0 atom stereocenters. The molecule has 0 aliphatic carbocycles. The molecule has 0 aliphatic heterocycles. The fourth-order valence-corrected chi connectivity index (χ4v) is 4.10. The third kappa shape index (κ3) is 4.54. The molecule has 8 nitrogen and oxygen atoms in total. The number of nitrogens with one attached hydrogen (secondary N) is 1. The van der Waals surface area contributed by atoms with E-state index in [-0.39, 0.29) is 10.8 Å². The maximum absolute atomic E-state index is 12.8. The summed E-state index contributed by atoms with van der Waals surface area (Å²) in [5.41, 5.74) is 2.76. The van der Waals surface area contributed by atoms with Crippen molar-refractivity contribution in [2.45, 2.75) is 11.8 Å². The van der Waals surface area contributed by atoms with Crippen LogP contribution in [0.1, 0.15) is 16.2 Å². The van der Waals surface area contributed by atoms with Crippen LogP contribution in [-0.2, 0) is 10.0 Å². The van der Waals surface area contributed by atoms with Gasteiger partial charge in [0.15, 0.2) is 0 Å². The quantitative estimate of drug-likeness (QED) is 0.462. The SMILES string of the molecule is Cc1cc(C(=O)Nc2ccc(Cl)cn2)n(-c2ccc(-c3ccccc3S(N)(=O)=O)cc2)n1. The summed E-state index contributed by atoms with van der Waals surface area (Å²) >= 11 is 5.84. The largest absolute Gasteiger partial charge is 0.305 e. The first-order valence-electron chi connectivity index (χ1n) is 9.44. The number of aromatic nitrogens is 3. The van der Waals surface area contributed by atoms with Gasteiger partial charge in [0, 0.05) is 11.8 Å². The number of nitrogens with zero attached hydrogens (tertiary/aromatic N) is 3. The van der Waals surface area contributed by atoms with Crippen LogP contribution in [0.3, 0.4) is 0 Å². The van der Waals surface area contributed by atoms with E-state index in [0.29, 0.717) is 39.0 Å². The van der Waals surface area contributed by atoms with Gasteiger partial charge in [0.2, 0.25) is 10.0 Å². The van der Waals surface area contributed by atoms with Gasteiger partial charge < -0.3 is 5.32 Å². The van der Waals surface area contributed by atoms with E-state index in [1.165, 1.54) is 16.9 Å². The lowest BCUT2D eigenvalue weighted by Gasteiger charge is -2.11. The summed E-state index contributed by atoms with van der Waals surface area (Å²) in [5, 5.41) is 12.9. The highest BCUT2D eigenvalue weighted by Crippen LogP contribution is 2.27. The number of pyridine rings is 1. The van der Waals surface area contributed by atoms with Crippen molar-refractivity contribution >= 4 is 33.3 Å². The van der Waals surface area contributed by atoms with Gasteiger partial charge in [-0.05, 0) is 48.9 Å². The highest BCUT2D eigenvalue weighted by Gasteiger charge is 2.18. The van der Waals surface area contributed by atoms with Crippen molar-refractivity contribution < 1.29 is 13.2 Å². The van der Waals surface area contributed by atoms with Crippen LogP contribution in [0, 0.1) is 6.92 Å². The average molecular weight is 468 g/mol. The summed E-state index contributed by atoms with van der Waals surface area (Å²) in [6.45, 7) is 1.78. The van der Waals surface area contributed by atoms with E-state index in [1.807, 2.05) is 0 Å². The normalized spacial score (nSPS) is 11.3. The Labute approximate surface area is 189 Å². The Balaban J connectivity index is 1.66. The first kappa shape index (κ1) is 21.7. The second kappa shape index (κ2) is 8.54. The summed E-state index contributed by atoms with van der Waals surface area (Å²) in [5.74, 6) is -0.0242. The van der Waals surface area contributed by atoms with Crippen LogP contribution in [0.25, 0.3) is 16.8 Å². The Hall–Kier alpha value is -3.53. The van der Waals surface area contributed by atoms with E-state index in [2.05, 4.69) is 15.4 Å². The number of primary sulfonamides is 1. The summed E-state index contributed by atoms with van der Waals surface area (Å²) < 4.78 is 25.3. The second-order valence-electron chi connectivity index (χ2n) is 6.99. The van der Waals surface area contributed by atoms with Gasteiger partial charge in [0.05, 0.1) is 21.3 Å². The van der Waals surface area contributed by atoms with Gasteiger partial charge in [0.25, 0.3) is 5.91 Å². The van der Waals surface area contributed by atoms with Crippen molar-refractivity contribution in [1.82, 2.24) is 14.8 Å². The van der Waals surface area contributed by atoms with Crippen LogP contribution >= 0.6 is 11.6 Å². The molecular formula is C22H18ClN5O3S. The minimum absolute atomic E-state index is 0.0400. The van der Waals surface area contributed by atoms with Crippen molar-refractivity contribution in [2.75, 3.05) is 5.32 Å². The summed E-state index contributed by atoms with van der Waals surface area (Å²) in [4.78, 5) is 16.9.